The molecule has 0 aromatic heterocycles. The smallest absolute Gasteiger partial charge is 0.232 e. The van der Waals surface area contributed by atoms with Crippen LogP contribution in [0.25, 0.3) is 0 Å². The Morgan fingerprint density at radius 1 is 1.14 bits per heavy atom. The fraction of sp³-hybridized carbons (Fsp3) is 0.600. The molecule has 1 aliphatic heterocycles. The number of piperidine rings is 1. The highest BCUT2D eigenvalue weighted by atomic mass is 35.5. The first-order chi connectivity index (χ1) is 14.0. The number of hydrogen-bond acceptors (Lipinski definition) is 5. The van der Waals surface area contributed by atoms with E-state index in [4.69, 9.17) is 11.6 Å². The molecule has 162 valence electrons. The summed E-state index contributed by atoms with van der Waals surface area (Å²) >= 11 is 7.41. The van der Waals surface area contributed by atoms with Crippen molar-refractivity contribution in [1.29, 1.82) is 0 Å². The van der Waals surface area contributed by atoms with Crippen LogP contribution in [0.5, 0.6) is 0 Å². The second-order valence-electron chi connectivity index (χ2n) is 7.29. The summed E-state index contributed by atoms with van der Waals surface area (Å²) < 4.78 is 0. The number of nitrogens with one attached hydrogen (secondary N) is 2. The molecule has 1 aromatic rings. The number of thioether (sulfide) groups is 1. The molecule has 2 N–H and O–H groups in total. The Kier molecular flexibility index (Phi) is 11.7. The van der Waals surface area contributed by atoms with Crippen molar-refractivity contribution in [2.24, 2.45) is 5.92 Å². The largest absolute Gasteiger partial charge is 0.355 e. The molecule has 1 aliphatic rings. The third-order valence-electron chi connectivity index (χ3n) is 4.65. The van der Waals surface area contributed by atoms with Gasteiger partial charge in [-0.25, -0.2) is 0 Å². The van der Waals surface area contributed by atoms with Crippen molar-refractivity contribution in [2.45, 2.75) is 17.7 Å². The van der Waals surface area contributed by atoms with Crippen molar-refractivity contribution in [3.8, 4) is 0 Å². The fourth-order valence-electron chi connectivity index (χ4n) is 2.88. The Morgan fingerprint density at radius 2 is 1.79 bits per heavy atom. The van der Waals surface area contributed by atoms with E-state index in [1.165, 1.54) is 16.7 Å². The minimum Gasteiger partial charge on any atom is -0.355 e. The second-order valence-corrected chi connectivity index (χ2v) is 11.5. The molecule has 0 saturated carbocycles. The number of carbonyl (C=O) groups excluding carboxylic acids is 2. The van der Waals surface area contributed by atoms with E-state index in [1.54, 1.807) is 0 Å². The topological polar surface area (TPSA) is 53.9 Å². The van der Waals surface area contributed by atoms with Gasteiger partial charge in [-0.05, 0) is 37.1 Å². The van der Waals surface area contributed by atoms with Gasteiger partial charge < -0.3 is 15.1 Å². The van der Waals surface area contributed by atoms with Crippen LogP contribution < -0.4 is 10.2 Å². The number of benzene rings is 1. The number of nitrogens with zero attached hydrogens (tertiary/aromatic N) is 1. The summed E-state index contributed by atoms with van der Waals surface area (Å²) in [5.41, 5.74) is 0. The van der Waals surface area contributed by atoms with Crippen LogP contribution in [0.15, 0.2) is 29.2 Å². The van der Waals surface area contributed by atoms with Crippen molar-refractivity contribution >= 4 is 56.8 Å². The second kappa shape index (κ2) is 13.7. The summed E-state index contributed by atoms with van der Waals surface area (Å²) in [4.78, 5) is 29.1. The Labute approximate surface area is 191 Å². The number of hydrogen-bond donors (Lipinski definition) is 2. The Balaban J connectivity index is 1.57. The Morgan fingerprint density at radius 3 is 2.45 bits per heavy atom. The average molecular weight is 477 g/mol. The summed E-state index contributed by atoms with van der Waals surface area (Å²) in [6, 6.07) is 7.52. The number of halogens is 1. The monoisotopic (exact) mass is 476 g/mol. The number of carbonyl (C=O) groups is 2. The zero-order chi connectivity index (χ0) is 21.1. The summed E-state index contributed by atoms with van der Waals surface area (Å²) in [5.74, 6) is 2.77. The molecule has 0 radical (unpaired) electrons. The van der Waals surface area contributed by atoms with Gasteiger partial charge in [0.2, 0.25) is 11.8 Å². The van der Waals surface area contributed by atoms with E-state index in [0.29, 0.717) is 30.4 Å². The SMILES string of the molecule is C[NH+](C)CCSSCCNC(=O)C1CCN(C(=O)CSc2ccc(Cl)cc2)CC1. The molecule has 5 nitrogen and oxygen atoms in total. The fourth-order valence-corrected chi connectivity index (χ4v) is 5.93. The van der Waals surface area contributed by atoms with Crippen LogP contribution >= 0.6 is 45.0 Å². The van der Waals surface area contributed by atoms with Crippen LogP contribution in [0.3, 0.4) is 0 Å². The number of amides is 2. The van der Waals surface area contributed by atoms with E-state index in [-0.39, 0.29) is 17.7 Å². The molecule has 9 heteroatoms. The van der Waals surface area contributed by atoms with Gasteiger partial charge in [0.1, 0.15) is 0 Å². The molecule has 1 heterocycles. The van der Waals surface area contributed by atoms with Crippen LogP contribution in [0, 0.1) is 5.92 Å². The van der Waals surface area contributed by atoms with Crippen molar-refractivity contribution in [3.63, 3.8) is 0 Å². The van der Waals surface area contributed by atoms with E-state index >= 15 is 0 Å². The van der Waals surface area contributed by atoms with E-state index in [9.17, 15) is 9.59 Å². The molecule has 2 amide bonds. The lowest BCUT2D eigenvalue weighted by Gasteiger charge is -2.31. The predicted octanol–water partition coefficient (Wildman–Crippen LogP) is 2.31. The van der Waals surface area contributed by atoms with Crippen molar-refractivity contribution in [3.05, 3.63) is 29.3 Å². The molecular weight excluding hydrogens is 446 g/mol. The molecule has 0 spiro atoms. The summed E-state index contributed by atoms with van der Waals surface area (Å²) in [5, 5.41) is 3.75. The van der Waals surface area contributed by atoms with Crippen LogP contribution in [-0.4, -0.2) is 74.2 Å². The van der Waals surface area contributed by atoms with Gasteiger partial charge in [0, 0.05) is 41.2 Å². The average Bonchev–Trinajstić information content (AvgIpc) is 2.72. The molecule has 0 bridgehead atoms. The summed E-state index contributed by atoms with van der Waals surface area (Å²) in [7, 11) is 8.00. The van der Waals surface area contributed by atoms with Gasteiger partial charge in [0.15, 0.2) is 0 Å². The van der Waals surface area contributed by atoms with Crippen molar-refractivity contribution in [2.75, 3.05) is 57.5 Å². The third kappa shape index (κ3) is 9.87. The van der Waals surface area contributed by atoms with Gasteiger partial charge >= 0.3 is 0 Å². The van der Waals surface area contributed by atoms with Gasteiger partial charge in [0.25, 0.3) is 0 Å². The van der Waals surface area contributed by atoms with Gasteiger partial charge in [-0.1, -0.05) is 33.2 Å². The predicted molar refractivity (Wildman–Crippen MR) is 127 cm³/mol. The van der Waals surface area contributed by atoms with E-state index < -0.39 is 0 Å². The summed E-state index contributed by atoms with van der Waals surface area (Å²) in [6.07, 6.45) is 1.49. The normalized spacial score (nSPS) is 15.0. The molecule has 0 aliphatic carbocycles. The van der Waals surface area contributed by atoms with Gasteiger partial charge in [0.05, 0.1) is 32.1 Å². The Hall–Kier alpha value is -0.540. The third-order valence-corrected chi connectivity index (χ3v) is 8.30. The molecule has 0 unspecified atom stereocenters. The van der Waals surface area contributed by atoms with Crippen LogP contribution in [0.2, 0.25) is 5.02 Å². The zero-order valence-corrected chi connectivity index (χ0v) is 20.3. The first kappa shape index (κ1) is 24.7. The Bertz CT molecular complexity index is 638. The first-order valence-electron chi connectivity index (χ1n) is 9.93. The number of likely N-dealkylation sites (tertiary alicyclic amines) is 1. The maximum absolute atomic E-state index is 12.4. The highest BCUT2D eigenvalue weighted by Gasteiger charge is 2.27. The van der Waals surface area contributed by atoms with Gasteiger partial charge in [-0.3, -0.25) is 9.59 Å². The van der Waals surface area contributed by atoms with Gasteiger partial charge in [-0.15, -0.1) is 11.8 Å². The highest BCUT2D eigenvalue weighted by Crippen LogP contribution is 2.23. The standard InChI is InChI=1S/C20H30ClN3O2S3/c1-23(2)12-14-29-28-13-9-22-20(26)16-7-10-24(11-8-16)19(25)15-27-18-5-3-17(21)4-6-18/h3-6,16H,7-15H2,1-2H3,(H,22,26)/p+1. The first-order valence-corrected chi connectivity index (χ1v) is 13.8. The molecule has 1 saturated heterocycles. The molecule has 1 fully saturated rings. The maximum Gasteiger partial charge on any atom is 0.232 e. The van der Waals surface area contributed by atoms with Gasteiger partial charge in [-0.2, -0.15) is 0 Å². The lowest BCUT2D eigenvalue weighted by atomic mass is 9.96. The molecule has 29 heavy (non-hydrogen) atoms. The van der Waals surface area contributed by atoms with Crippen LogP contribution in [0.1, 0.15) is 12.8 Å². The van der Waals surface area contributed by atoms with E-state index in [1.807, 2.05) is 50.8 Å². The summed E-state index contributed by atoms with van der Waals surface area (Å²) in [6.45, 7) is 3.19. The lowest BCUT2D eigenvalue weighted by molar-refractivity contribution is -0.855. The number of rotatable bonds is 11. The molecule has 0 atom stereocenters. The lowest BCUT2D eigenvalue weighted by Crippen LogP contribution is -3.06. The quantitative estimate of drug-likeness (QED) is 0.291. The van der Waals surface area contributed by atoms with Crippen molar-refractivity contribution in [1.82, 2.24) is 10.2 Å². The zero-order valence-electron chi connectivity index (χ0n) is 17.1. The minimum absolute atomic E-state index is 0.0259. The maximum atomic E-state index is 12.4. The highest BCUT2D eigenvalue weighted by molar-refractivity contribution is 8.76. The van der Waals surface area contributed by atoms with Crippen molar-refractivity contribution < 1.29 is 14.5 Å². The minimum atomic E-state index is 0.0259. The molecule has 2 rings (SSSR count). The van der Waals surface area contributed by atoms with Crippen LogP contribution in [0.4, 0.5) is 0 Å². The molecular formula is C20H31ClN3O2S3+. The molecule has 1 aromatic carbocycles. The van der Waals surface area contributed by atoms with Crippen LogP contribution in [-0.2, 0) is 9.59 Å². The number of quaternary nitrogens is 1. The van der Waals surface area contributed by atoms with E-state index in [2.05, 4.69) is 19.4 Å². The van der Waals surface area contributed by atoms with E-state index in [0.717, 1.165) is 35.8 Å².